The van der Waals surface area contributed by atoms with Gasteiger partial charge in [-0.15, -0.1) is 0 Å². The molecule has 55 heavy (non-hydrogen) atoms. The quantitative estimate of drug-likeness (QED) is 0.0645. The van der Waals surface area contributed by atoms with Gasteiger partial charge < -0.3 is 49.4 Å². The Kier molecular flexibility index (Phi) is 10.5. The first-order valence-corrected chi connectivity index (χ1v) is 19.6. The summed E-state index contributed by atoms with van der Waals surface area (Å²) in [7, 11) is 3.13. The second-order valence-corrected chi connectivity index (χ2v) is 15.2. The van der Waals surface area contributed by atoms with Gasteiger partial charge in [0, 0.05) is 63.9 Å². The number of aliphatic hydroxyl groups excluding tert-OH is 3. The Labute approximate surface area is 322 Å². The Balaban J connectivity index is 1.14. The number of methoxy groups -OCH3 is 2. The van der Waals surface area contributed by atoms with Crippen molar-refractivity contribution in [1.29, 1.82) is 0 Å². The molecule has 0 saturated heterocycles. The van der Waals surface area contributed by atoms with Crippen molar-refractivity contribution in [1.82, 2.24) is 5.32 Å². The molecular weight excluding hydrogens is 700 g/mol. The summed E-state index contributed by atoms with van der Waals surface area (Å²) in [4.78, 5) is 0. The van der Waals surface area contributed by atoms with E-state index in [1.54, 1.807) is 19.2 Å². The maximum Gasteiger partial charge on any atom is 0.200 e. The van der Waals surface area contributed by atoms with E-state index in [0.29, 0.717) is 46.8 Å². The number of phenolic OH excluding ortho intramolecular Hbond substituents is 1. The van der Waals surface area contributed by atoms with Crippen molar-refractivity contribution in [2.45, 2.75) is 75.5 Å². The molecular formula is C44H52N2O9. The molecule has 0 bridgehead atoms. The lowest BCUT2D eigenvalue weighted by molar-refractivity contribution is 0.0702. The molecule has 1 saturated carbocycles. The second kappa shape index (κ2) is 15.5. The van der Waals surface area contributed by atoms with Gasteiger partial charge in [0.25, 0.3) is 0 Å². The molecule has 0 aromatic heterocycles. The predicted octanol–water partition coefficient (Wildman–Crippen LogP) is 6.64. The Morgan fingerprint density at radius 1 is 0.873 bits per heavy atom. The third kappa shape index (κ3) is 6.40. The van der Waals surface area contributed by atoms with Gasteiger partial charge in [-0.25, -0.2) is 0 Å². The molecule has 4 aromatic carbocycles. The fourth-order valence-electron chi connectivity index (χ4n) is 9.63. The fraction of sp³-hybridized carbons (Fsp3) is 0.455. The standard InChI is InChI=1S/C44H52N2O9/c1-4-45-24-55-34-20-32(51-2)28-13-14-29-37-31(46-43(50)40(34)39(28)37)19-33-38(29)41(48)30(23-54-33)25-17-35(52-3)42(49)36(18-25)53-22-27(21-47)44(15-9-6-10-16-44)26-11-7-5-8-12-26/h5,7-8,11-12,17-20,27,30,41,43,45-50H,4,6,9-10,13-16,21-24H2,1-3H3. The SMILES string of the molecule is CCNCOc1cc(OC)c2c3c1C(O)Nc1cc4c(c(c1-3)CC2)C(O)C(c1cc(OC)c(O)c(OCC(CO)C2(c3ccccc3)CCCCC2)c1)CO4. The van der Waals surface area contributed by atoms with Crippen LogP contribution in [0, 0.1) is 5.92 Å². The van der Waals surface area contributed by atoms with Crippen LogP contribution in [-0.2, 0) is 18.3 Å². The molecule has 4 aliphatic rings. The number of ether oxygens (including phenoxy) is 5. The molecule has 1 fully saturated rings. The number of hydrogen-bond donors (Lipinski definition) is 6. The van der Waals surface area contributed by atoms with E-state index in [9.17, 15) is 20.4 Å². The third-order valence-corrected chi connectivity index (χ3v) is 12.4. The van der Waals surface area contributed by atoms with Crippen molar-refractivity contribution in [2.75, 3.05) is 52.6 Å². The van der Waals surface area contributed by atoms with Crippen LogP contribution in [0.25, 0.3) is 11.1 Å². The Bertz CT molecular complexity index is 2030. The van der Waals surface area contributed by atoms with Crippen LogP contribution in [-0.4, -0.2) is 67.7 Å². The van der Waals surface area contributed by atoms with Gasteiger partial charge in [-0.3, -0.25) is 5.32 Å². The van der Waals surface area contributed by atoms with E-state index in [2.05, 4.69) is 22.8 Å². The maximum atomic E-state index is 12.3. The first-order valence-electron chi connectivity index (χ1n) is 19.6. The highest BCUT2D eigenvalue weighted by atomic mass is 16.5. The number of rotatable bonds is 13. The minimum absolute atomic E-state index is 0.0581. The van der Waals surface area contributed by atoms with Gasteiger partial charge in [0.15, 0.2) is 17.7 Å². The number of nitrogens with one attached hydrogen (secondary N) is 2. The number of phenols is 1. The van der Waals surface area contributed by atoms with E-state index in [0.717, 1.165) is 60.2 Å². The zero-order valence-corrected chi connectivity index (χ0v) is 31.8. The summed E-state index contributed by atoms with van der Waals surface area (Å²) in [6, 6.07) is 17.6. The Morgan fingerprint density at radius 2 is 1.62 bits per heavy atom. The van der Waals surface area contributed by atoms with E-state index in [4.69, 9.17) is 23.7 Å². The van der Waals surface area contributed by atoms with Crippen LogP contribution in [0.2, 0.25) is 0 Å². The molecule has 4 atom stereocenters. The summed E-state index contributed by atoms with van der Waals surface area (Å²) in [5.41, 5.74) is 7.39. The van der Waals surface area contributed by atoms with Crippen molar-refractivity contribution in [3.8, 4) is 45.6 Å². The highest BCUT2D eigenvalue weighted by molar-refractivity contribution is 5.93. The number of hydrogen-bond acceptors (Lipinski definition) is 11. The number of benzene rings is 4. The molecule has 292 valence electrons. The van der Waals surface area contributed by atoms with Gasteiger partial charge in [0.05, 0.1) is 39.1 Å². The lowest BCUT2D eigenvalue weighted by atomic mass is 9.62. The van der Waals surface area contributed by atoms with Gasteiger partial charge in [0.1, 0.15) is 24.0 Å². The van der Waals surface area contributed by atoms with Crippen LogP contribution in [0.5, 0.6) is 34.5 Å². The van der Waals surface area contributed by atoms with Crippen LogP contribution in [0.1, 0.15) is 90.7 Å². The van der Waals surface area contributed by atoms with Gasteiger partial charge in [-0.1, -0.05) is 56.5 Å². The largest absolute Gasteiger partial charge is 0.502 e. The lowest BCUT2D eigenvalue weighted by Crippen LogP contribution is -2.42. The van der Waals surface area contributed by atoms with E-state index < -0.39 is 18.2 Å². The fourth-order valence-corrected chi connectivity index (χ4v) is 9.63. The summed E-state index contributed by atoms with van der Waals surface area (Å²) in [5, 5.41) is 52.3. The molecule has 0 radical (unpaired) electrons. The highest BCUT2D eigenvalue weighted by Gasteiger charge is 2.43. The molecule has 0 amide bonds. The smallest absolute Gasteiger partial charge is 0.200 e. The summed E-state index contributed by atoms with van der Waals surface area (Å²) < 4.78 is 30.5. The average Bonchev–Trinajstić information content (AvgIpc) is 3.21. The van der Waals surface area contributed by atoms with Crippen molar-refractivity contribution in [2.24, 2.45) is 5.92 Å². The summed E-state index contributed by atoms with van der Waals surface area (Å²) in [6.07, 6.45) is 4.49. The molecule has 11 nitrogen and oxygen atoms in total. The molecule has 4 aromatic rings. The summed E-state index contributed by atoms with van der Waals surface area (Å²) in [6.45, 7) is 3.30. The Hall–Kier alpha value is -4.68. The van der Waals surface area contributed by atoms with E-state index in [-0.39, 0.29) is 55.1 Å². The molecule has 4 unspecified atom stereocenters. The summed E-state index contributed by atoms with van der Waals surface area (Å²) in [5.74, 6) is 1.36. The first kappa shape index (κ1) is 37.3. The van der Waals surface area contributed by atoms with Crippen LogP contribution in [0.15, 0.2) is 54.6 Å². The topological polar surface area (TPSA) is 151 Å². The van der Waals surface area contributed by atoms with Crippen molar-refractivity contribution < 1.29 is 44.1 Å². The maximum absolute atomic E-state index is 12.3. The van der Waals surface area contributed by atoms with Gasteiger partial charge in [-0.05, 0) is 61.1 Å². The highest BCUT2D eigenvalue weighted by Crippen LogP contribution is 2.57. The molecule has 11 heteroatoms. The molecule has 2 aliphatic heterocycles. The number of aromatic hydroxyl groups is 1. The average molecular weight is 753 g/mol. The molecule has 0 spiro atoms. The number of fused-ring (bicyclic) bond motifs is 2. The number of aliphatic hydroxyl groups is 3. The second-order valence-electron chi connectivity index (χ2n) is 15.2. The van der Waals surface area contributed by atoms with Crippen LogP contribution in [0.4, 0.5) is 5.69 Å². The Morgan fingerprint density at radius 3 is 2.35 bits per heavy atom. The van der Waals surface area contributed by atoms with Crippen LogP contribution >= 0.6 is 0 Å². The zero-order valence-electron chi connectivity index (χ0n) is 31.8. The molecule has 8 rings (SSSR count). The van der Waals surface area contributed by atoms with Crippen molar-refractivity contribution in [3.05, 3.63) is 88.0 Å². The van der Waals surface area contributed by atoms with Crippen molar-refractivity contribution in [3.63, 3.8) is 0 Å². The summed E-state index contributed by atoms with van der Waals surface area (Å²) >= 11 is 0. The predicted molar refractivity (Wildman–Crippen MR) is 209 cm³/mol. The number of anilines is 1. The van der Waals surface area contributed by atoms with E-state index in [1.807, 2.05) is 37.3 Å². The lowest BCUT2D eigenvalue weighted by Gasteiger charge is -2.43. The molecule has 6 N–H and O–H groups in total. The monoisotopic (exact) mass is 752 g/mol. The van der Waals surface area contributed by atoms with Gasteiger partial charge >= 0.3 is 0 Å². The normalized spacial score (nSPS) is 20.9. The minimum atomic E-state index is -1.02. The molecule has 2 heterocycles. The van der Waals surface area contributed by atoms with Crippen molar-refractivity contribution >= 4 is 5.69 Å². The van der Waals surface area contributed by atoms with Gasteiger partial charge in [-0.2, -0.15) is 0 Å². The zero-order chi connectivity index (χ0) is 38.3. The van der Waals surface area contributed by atoms with E-state index >= 15 is 0 Å². The first-order chi connectivity index (χ1) is 26.8. The van der Waals surface area contributed by atoms with Crippen LogP contribution in [0.3, 0.4) is 0 Å². The van der Waals surface area contributed by atoms with Crippen LogP contribution < -0.4 is 34.3 Å². The van der Waals surface area contributed by atoms with E-state index in [1.165, 1.54) is 19.1 Å². The minimum Gasteiger partial charge on any atom is -0.502 e. The molecule has 2 aliphatic carbocycles. The van der Waals surface area contributed by atoms with Gasteiger partial charge in [0.2, 0.25) is 5.75 Å². The third-order valence-electron chi connectivity index (χ3n) is 12.4.